The third kappa shape index (κ3) is 5.84. The van der Waals surface area contributed by atoms with Crippen LogP contribution in [0.15, 0.2) is 88.9 Å². The Morgan fingerprint density at radius 1 is 1.03 bits per heavy atom. The Bertz CT molecular complexity index is 1290. The van der Waals surface area contributed by atoms with Gasteiger partial charge in [-0.2, -0.15) is 5.10 Å². The van der Waals surface area contributed by atoms with Crippen LogP contribution in [0.25, 0.3) is 0 Å². The van der Waals surface area contributed by atoms with Gasteiger partial charge in [-0.05, 0) is 35.2 Å². The van der Waals surface area contributed by atoms with Crippen LogP contribution in [0.1, 0.15) is 30.9 Å². The van der Waals surface area contributed by atoms with Gasteiger partial charge in [-0.25, -0.2) is 13.8 Å². The molecule has 0 spiro atoms. The zero-order valence-electron chi connectivity index (χ0n) is 18.7. The van der Waals surface area contributed by atoms with Gasteiger partial charge in [0.05, 0.1) is 16.8 Å². The molecule has 10 heteroatoms. The predicted octanol–water partition coefficient (Wildman–Crippen LogP) is 4.06. The number of nitro benzene ring substituents is 1. The van der Waals surface area contributed by atoms with Crippen molar-refractivity contribution in [3.05, 3.63) is 100 Å². The van der Waals surface area contributed by atoms with Gasteiger partial charge in [-0.15, -0.1) is 0 Å². The number of hydrogen-bond acceptors (Lipinski definition) is 6. The number of nitrogens with zero attached hydrogens (tertiary/aromatic N) is 3. The minimum atomic E-state index is -4.44. The van der Waals surface area contributed by atoms with Crippen molar-refractivity contribution in [2.75, 3.05) is 10.8 Å². The smallest absolute Gasteiger partial charge is 0.271 e. The van der Waals surface area contributed by atoms with Crippen LogP contribution < -0.4 is 9.73 Å². The van der Waals surface area contributed by atoms with Crippen LogP contribution in [0, 0.1) is 10.1 Å². The molecule has 0 fully saturated rings. The quantitative estimate of drug-likeness (QED) is 0.281. The molecule has 34 heavy (non-hydrogen) atoms. The number of benzene rings is 3. The van der Waals surface area contributed by atoms with Crippen molar-refractivity contribution in [1.82, 2.24) is 5.43 Å². The minimum Gasteiger partial charge on any atom is -0.271 e. The van der Waals surface area contributed by atoms with Gasteiger partial charge in [0.15, 0.2) is 4.90 Å². The van der Waals surface area contributed by atoms with Crippen molar-refractivity contribution >= 4 is 33.5 Å². The Kier molecular flexibility index (Phi) is 7.75. The first-order valence-electron chi connectivity index (χ1n) is 10.4. The largest absolute Gasteiger partial charge is 0.289 e. The number of anilines is 1. The number of rotatable bonds is 9. The Labute approximate surface area is 197 Å². The third-order valence-corrected chi connectivity index (χ3v) is 6.79. The number of carbonyl (C=O) groups excluding carboxylic acids is 1. The highest BCUT2D eigenvalue weighted by molar-refractivity contribution is 7.93. The molecule has 0 heterocycles. The average molecular weight is 481 g/mol. The van der Waals surface area contributed by atoms with E-state index in [4.69, 9.17) is 0 Å². The van der Waals surface area contributed by atoms with E-state index in [1.165, 1.54) is 36.0 Å². The van der Waals surface area contributed by atoms with E-state index in [1.54, 1.807) is 18.2 Å². The normalized spacial score (nSPS) is 11.5. The van der Waals surface area contributed by atoms with Gasteiger partial charge in [-0.1, -0.05) is 68.4 Å². The fourth-order valence-electron chi connectivity index (χ4n) is 3.17. The van der Waals surface area contributed by atoms with E-state index in [2.05, 4.69) is 24.4 Å². The Balaban J connectivity index is 1.83. The Morgan fingerprint density at radius 2 is 1.65 bits per heavy atom. The molecule has 0 radical (unpaired) electrons. The second-order valence-corrected chi connectivity index (χ2v) is 9.52. The summed E-state index contributed by atoms with van der Waals surface area (Å²) in [5.41, 5.74) is 3.86. The maximum atomic E-state index is 13.4. The van der Waals surface area contributed by atoms with Crippen LogP contribution in [0.3, 0.4) is 0 Å². The molecule has 0 saturated heterocycles. The fourth-order valence-corrected chi connectivity index (χ4v) is 4.75. The molecule has 3 aromatic rings. The summed E-state index contributed by atoms with van der Waals surface area (Å²) in [6.45, 7) is 3.54. The molecular weight excluding hydrogens is 456 g/mol. The van der Waals surface area contributed by atoms with Gasteiger partial charge in [0, 0.05) is 6.07 Å². The SMILES string of the molecule is CC(C)c1ccc(/C=N\NC(=O)CN(c2ccccc2)S(=O)(=O)c2ccccc2[N+](=O)[O-])cc1. The van der Waals surface area contributed by atoms with Crippen LogP contribution in [-0.2, 0) is 14.8 Å². The number of hydrazone groups is 1. The van der Waals surface area contributed by atoms with E-state index in [0.717, 1.165) is 22.0 Å². The van der Waals surface area contributed by atoms with Crippen LogP contribution in [0.4, 0.5) is 11.4 Å². The molecule has 0 atom stereocenters. The number of hydrogen-bond donors (Lipinski definition) is 1. The molecule has 1 N–H and O–H groups in total. The van der Waals surface area contributed by atoms with Crippen molar-refractivity contribution in [1.29, 1.82) is 0 Å². The number of nitro groups is 1. The van der Waals surface area contributed by atoms with E-state index in [0.29, 0.717) is 5.92 Å². The highest BCUT2D eigenvalue weighted by Gasteiger charge is 2.33. The first kappa shape index (κ1) is 24.6. The highest BCUT2D eigenvalue weighted by Crippen LogP contribution is 2.29. The highest BCUT2D eigenvalue weighted by atomic mass is 32.2. The molecule has 3 rings (SSSR count). The molecule has 0 aliphatic heterocycles. The van der Waals surface area contributed by atoms with E-state index in [1.807, 2.05) is 24.3 Å². The van der Waals surface area contributed by atoms with E-state index < -0.39 is 38.0 Å². The van der Waals surface area contributed by atoms with E-state index >= 15 is 0 Å². The summed E-state index contributed by atoms with van der Waals surface area (Å²) in [6, 6.07) is 20.5. The van der Waals surface area contributed by atoms with E-state index in [9.17, 15) is 23.3 Å². The molecule has 3 aromatic carbocycles. The maximum absolute atomic E-state index is 13.4. The molecular formula is C24H24N4O5S. The summed E-state index contributed by atoms with van der Waals surface area (Å²) in [5.74, 6) is -0.321. The van der Waals surface area contributed by atoms with Gasteiger partial charge in [0.25, 0.3) is 21.6 Å². The lowest BCUT2D eigenvalue weighted by Gasteiger charge is -2.23. The second kappa shape index (κ2) is 10.7. The second-order valence-electron chi connectivity index (χ2n) is 7.69. The molecule has 9 nitrogen and oxygen atoms in total. The first-order chi connectivity index (χ1) is 16.2. The summed E-state index contributed by atoms with van der Waals surface area (Å²) in [4.78, 5) is 22.7. The summed E-state index contributed by atoms with van der Waals surface area (Å²) in [7, 11) is -4.44. The summed E-state index contributed by atoms with van der Waals surface area (Å²) in [6.07, 6.45) is 1.45. The van der Waals surface area contributed by atoms with E-state index in [-0.39, 0.29) is 5.69 Å². The van der Waals surface area contributed by atoms with Gasteiger partial charge in [-0.3, -0.25) is 19.2 Å². The van der Waals surface area contributed by atoms with Crippen LogP contribution in [0.2, 0.25) is 0 Å². The Morgan fingerprint density at radius 3 is 2.26 bits per heavy atom. The maximum Gasteiger partial charge on any atom is 0.289 e. The van der Waals surface area contributed by atoms with Crippen molar-refractivity contribution in [3.63, 3.8) is 0 Å². The van der Waals surface area contributed by atoms with Crippen LogP contribution >= 0.6 is 0 Å². The van der Waals surface area contributed by atoms with Gasteiger partial charge >= 0.3 is 0 Å². The third-order valence-electron chi connectivity index (χ3n) is 4.97. The summed E-state index contributed by atoms with van der Waals surface area (Å²) in [5, 5.41) is 15.3. The van der Waals surface area contributed by atoms with Gasteiger partial charge in [0.2, 0.25) is 0 Å². The monoisotopic (exact) mass is 480 g/mol. The lowest BCUT2D eigenvalue weighted by molar-refractivity contribution is -0.387. The number of nitrogens with one attached hydrogen (secondary N) is 1. The van der Waals surface area contributed by atoms with Crippen molar-refractivity contribution in [3.8, 4) is 0 Å². The lowest BCUT2D eigenvalue weighted by atomic mass is 10.0. The molecule has 1 amide bonds. The average Bonchev–Trinajstić information content (AvgIpc) is 2.83. The summed E-state index contributed by atoms with van der Waals surface area (Å²) >= 11 is 0. The molecule has 176 valence electrons. The van der Waals surface area contributed by atoms with Gasteiger partial charge in [0.1, 0.15) is 6.54 Å². The van der Waals surface area contributed by atoms with Crippen molar-refractivity contribution < 1.29 is 18.1 Å². The number of sulfonamides is 1. The zero-order chi connectivity index (χ0) is 24.7. The Hall–Kier alpha value is -4.05. The molecule has 0 aliphatic carbocycles. The minimum absolute atomic E-state index is 0.184. The molecule has 0 saturated carbocycles. The molecule has 0 bridgehead atoms. The fraction of sp³-hybridized carbons (Fsp3) is 0.167. The lowest BCUT2D eigenvalue weighted by Crippen LogP contribution is -2.39. The summed E-state index contributed by atoms with van der Waals surface area (Å²) < 4.78 is 27.6. The standard InChI is InChI=1S/C24H24N4O5S/c1-18(2)20-14-12-19(13-15-20)16-25-26-24(29)17-27(21-8-4-3-5-9-21)34(32,33)23-11-7-6-10-22(23)28(30)31/h3-16,18H,17H2,1-2H3,(H,26,29)/b25-16-. The number of para-hydroxylation sites is 2. The molecule has 0 unspecified atom stereocenters. The first-order valence-corrected chi connectivity index (χ1v) is 11.9. The van der Waals surface area contributed by atoms with Gasteiger partial charge < -0.3 is 0 Å². The predicted molar refractivity (Wildman–Crippen MR) is 130 cm³/mol. The van der Waals surface area contributed by atoms with Crippen LogP contribution in [0.5, 0.6) is 0 Å². The van der Waals surface area contributed by atoms with Crippen molar-refractivity contribution in [2.24, 2.45) is 5.10 Å². The van der Waals surface area contributed by atoms with Crippen LogP contribution in [-0.4, -0.2) is 32.0 Å². The topological polar surface area (TPSA) is 122 Å². The number of amides is 1. The molecule has 0 aliphatic rings. The van der Waals surface area contributed by atoms with Crippen molar-refractivity contribution in [2.45, 2.75) is 24.7 Å². The number of carbonyl (C=O) groups is 1. The zero-order valence-corrected chi connectivity index (χ0v) is 19.5. The molecule has 0 aromatic heterocycles.